The van der Waals surface area contributed by atoms with E-state index in [1.165, 1.54) is 6.07 Å². The molecule has 24 heavy (non-hydrogen) atoms. The number of rotatable bonds is 6. The molecule has 0 bridgehead atoms. The second-order valence-corrected chi connectivity index (χ2v) is 6.83. The third-order valence-electron chi connectivity index (χ3n) is 4.01. The lowest BCUT2D eigenvalue weighted by molar-refractivity contribution is 0.173. The molecular formula is C18H20BrFN2O2. The monoisotopic (exact) mass is 394 g/mol. The first kappa shape index (κ1) is 17.2. The minimum Gasteiger partial charge on any atom is -0.454 e. The van der Waals surface area contributed by atoms with Crippen molar-refractivity contribution in [3.63, 3.8) is 0 Å². The van der Waals surface area contributed by atoms with Gasteiger partial charge in [0.1, 0.15) is 5.82 Å². The molecule has 4 nitrogen and oxygen atoms in total. The molecule has 1 N–H and O–H groups in total. The normalized spacial score (nSPS) is 14.2. The van der Waals surface area contributed by atoms with Gasteiger partial charge in [-0.15, -0.1) is 0 Å². The van der Waals surface area contributed by atoms with E-state index in [9.17, 15) is 4.39 Å². The molecule has 0 unspecified atom stereocenters. The molecular weight excluding hydrogens is 375 g/mol. The van der Waals surface area contributed by atoms with Crippen molar-refractivity contribution in [1.82, 2.24) is 10.2 Å². The number of likely N-dealkylation sites (N-methyl/N-ethyl adjacent to an activating group) is 1. The lowest BCUT2D eigenvalue weighted by atomic mass is 10.1. The van der Waals surface area contributed by atoms with Crippen molar-refractivity contribution in [2.45, 2.75) is 12.6 Å². The molecule has 0 amide bonds. The van der Waals surface area contributed by atoms with Crippen LogP contribution in [0, 0.1) is 5.82 Å². The van der Waals surface area contributed by atoms with E-state index in [2.05, 4.69) is 26.1 Å². The Hall–Kier alpha value is -1.63. The van der Waals surface area contributed by atoms with Crippen LogP contribution >= 0.6 is 15.9 Å². The van der Waals surface area contributed by atoms with Crippen LogP contribution < -0.4 is 14.8 Å². The highest BCUT2D eigenvalue weighted by molar-refractivity contribution is 9.10. The van der Waals surface area contributed by atoms with Crippen LogP contribution in [0.4, 0.5) is 4.39 Å². The molecule has 0 saturated carbocycles. The number of hydrogen-bond donors (Lipinski definition) is 1. The van der Waals surface area contributed by atoms with Gasteiger partial charge in [0.05, 0.1) is 4.47 Å². The zero-order valence-corrected chi connectivity index (χ0v) is 15.3. The zero-order valence-electron chi connectivity index (χ0n) is 13.7. The molecule has 1 heterocycles. The van der Waals surface area contributed by atoms with Gasteiger partial charge in [-0.25, -0.2) is 4.39 Å². The average Bonchev–Trinajstić information content (AvgIpc) is 3.00. The van der Waals surface area contributed by atoms with Gasteiger partial charge in [0.15, 0.2) is 11.5 Å². The van der Waals surface area contributed by atoms with Gasteiger partial charge in [0, 0.05) is 19.1 Å². The van der Waals surface area contributed by atoms with Crippen molar-refractivity contribution in [3.8, 4) is 11.5 Å². The Morgan fingerprint density at radius 2 is 2.08 bits per heavy atom. The molecule has 1 aliphatic heterocycles. The van der Waals surface area contributed by atoms with Crippen molar-refractivity contribution >= 4 is 15.9 Å². The topological polar surface area (TPSA) is 33.7 Å². The summed E-state index contributed by atoms with van der Waals surface area (Å²) >= 11 is 3.50. The first-order chi connectivity index (χ1) is 11.5. The summed E-state index contributed by atoms with van der Waals surface area (Å²) in [5.74, 6) is 1.30. The molecule has 128 valence electrons. The Morgan fingerprint density at radius 1 is 1.25 bits per heavy atom. The van der Waals surface area contributed by atoms with Gasteiger partial charge < -0.3 is 19.7 Å². The van der Waals surface area contributed by atoms with Crippen LogP contribution in [-0.2, 0) is 6.54 Å². The average molecular weight is 395 g/mol. The molecule has 2 aromatic rings. The lowest BCUT2D eigenvalue weighted by Crippen LogP contribution is -2.30. The van der Waals surface area contributed by atoms with Gasteiger partial charge in [-0.3, -0.25) is 0 Å². The fourth-order valence-corrected chi connectivity index (χ4v) is 3.39. The van der Waals surface area contributed by atoms with E-state index in [0.717, 1.165) is 27.1 Å². The standard InChI is InChI=1S/C18H20BrFN2O2/c1-22(2)16(13-4-3-5-14(20)8-13)10-21-9-12-6-15(19)18-17(7-12)23-11-24-18/h3-8,16,21H,9-11H2,1-2H3/t16-/m0/s1. The summed E-state index contributed by atoms with van der Waals surface area (Å²) in [6.45, 7) is 1.66. The highest BCUT2D eigenvalue weighted by atomic mass is 79.9. The second kappa shape index (κ2) is 7.51. The van der Waals surface area contributed by atoms with Gasteiger partial charge in [0.25, 0.3) is 0 Å². The van der Waals surface area contributed by atoms with E-state index < -0.39 is 0 Å². The minimum atomic E-state index is -0.209. The van der Waals surface area contributed by atoms with Crippen molar-refractivity contribution in [1.29, 1.82) is 0 Å². The fourth-order valence-electron chi connectivity index (χ4n) is 2.79. The van der Waals surface area contributed by atoms with Crippen LogP contribution in [0.2, 0.25) is 0 Å². The molecule has 0 spiro atoms. The predicted molar refractivity (Wildman–Crippen MR) is 94.8 cm³/mol. The molecule has 0 fully saturated rings. The summed E-state index contributed by atoms with van der Waals surface area (Å²) in [5.41, 5.74) is 2.06. The van der Waals surface area contributed by atoms with Crippen LogP contribution in [0.3, 0.4) is 0 Å². The number of halogens is 2. The molecule has 2 aromatic carbocycles. The van der Waals surface area contributed by atoms with Crippen molar-refractivity contribution in [2.24, 2.45) is 0 Å². The van der Waals surface area contributed by atoms with Crippen LogP contribution in [0.15, 0.2) is 40.9 Å². The molecule has 0 saturated heterocycles. The molecule has 1 atom stereocenters. The van der Waals surface area contributed by atoms with E-state index in [-0.39, 0.29) is 18.7 Å². The van der Waals surface area contributed by atoms with E-state index >= 15 is 0 Å². The number of fused-ring (bicyclic) bond motifs is 1. The van der Waals surface area contributed by atoms with Crippen molar-refractivity contribution < 1.29 is 13.9 Å². The van der Waals surface area contributed by atoms with E-state index in [1.54, 1.807) is 12.1 Å². The largest absolute Gasteiger partial charge is 0.454 e. The van der Waals surface area contributed by atoms with Gasteiger partial charge in [-0.1, -0.05) is 12.1 Å². The van der Waals surface area contributed by atoms with Crippen LogP contribution in [0.25, 0.3) is 0 Å². The van der Waals surface area contributed by atoms with Crippen LogP contribution in [0.1, 0.15) is 17.2 Å². The van der Waals surface area contributed by atoms with Gasteiger partial charge >= 0.3 is 0 Å². The first-order valence-electron chi connectivity index (χ1n) is 7.75. The predicted octanol–water partition coefficient (Wildman–Crippen LogP) is 3.71. The maximum Gasteiger partial charge on any atom is 0.231 e. The molecule has 6 heteroatoms. The highest BCUT2D eigenvalue weighted by Gasteiger charge is 2.18. The van der Waals surface area contributed by atoms with Crippen molar-refractivity contribution in [3.05, 3.63) is 57.8 Å². The maximum atomic E-state index is 13.5. The second-order valence-electron chi connectivity index (χ2n) is 5.98. The zero-order chi connectivity index (χ0) is 17.1. The summed E-state index contributed by atoms with van der Waals surface area (Å²) in [6, 6.07) is 10.8. The SMILES string of the molecule is CN(C)[C@@H](CNCc1cc(Br)c2c(c1)OCO2)c1cccc(F)c1. The van der Waals surface area contributed by atoms with Gasteiger partial charge in [-0.05, 0) is 65.4 Å². The van der Waals surface area contributed by atoms with Crippen LogP contribution in [-0.4, -0.2) is 32.3 Å². The molecule has 0 radical (unpaired) electrons. The van der Waals surface area contributed by atoms with Crippen molar-refractivity contribution in [2.75, 3.05) is 27.4 Å². The van der Waals surface area contributed by atoms with E-state index in [4.69, 9.17) is 9.47 Å². The Bertz CT molecular complexity index is 724. The molecule has 0 aliphatic carbocycles. The van der Waals surface area contributed by atoms with Gasteiger partial charge in [0.2, 0.25) is 6.79 Å². The number of ether oxygens (including phenoxy) is 2. The van der Waals surface area contributed by atoms with Gasteiger partial charge in [-0.2, -0.15) is 0 Å². The first-order valence-corrected chi connectivity index (χ1v) is 8.54. The molecule has 0 aromatic heterocycles. The number of benzene rings is 2. The molecule has 3 rings (SSSR count). The minimum absolute atomic E-state index is 0.0955. The Balaban J connectivity index is 1.65. The summed E-state index contributed by atoms with van der Waals surface area (Å²) in [4.78, 5) is 2.08. The number of nitrogens with one attached hydrogen (secondary N) is 1. The summed E-state index contributed by atoms with van der Waals surface area (Å²) in [6.07, 6.45) is 0. The summed E-state index contributed by atoms with van der Waals surface area (Å²) < 4.78 is 25.2. The summed E-state index contributed by atoms with van der Waals surface area (Å²) in [5, 5.41) is 3.44. The number of hydrogen-bond acceptors (Lipinski definition) is 4. The third-order valence-corrected chi connectivity index (χ3v) is 4.60. The Morgan fingerprint density at radius 3 is 2.83 bits per heavy atom. The lowest BCUT2D eigenvalue weighted by Gasteiger charge is -2.25. The van der Waals surface area contributed by atoms with E-state index in [1.807, 2.05) is 32.3 Å². The maximum absolute atomic E-state index is 13.5. The van der Waals surface area contributed by atoms with Crippen LogP contribution in [0.5, 0.6) is 11.5 Å². The highest BCUT2D eigenvalue weighted by Crippen LogP contribution is 2.39. The Kier molecular flexibility index (Phi) is 5.38. The number of nitrogens with zero attached hydrogens (tertiary/aromatic N) is 1. The fraction of sp³-hybridized carbons (Fsp3) is 0.333. The summed E-state index contributed by atoms with van der Waals surface area (Å²) in [7, 11) is 3.99. The molecule has 1 aliphatic rings. The van der Waals surface area contributed by atoms with E-state index in [0.29, 0.717) is 13.1 Å². The third kappa shape index (κ3) is 3.88. The Labute approximate surface area is 149 Å². The quantitative estimate of drug-likeness (QED) is 0.809. The smallest absolute Gasteiger partial charge is 0.231 e.